The maximum absolute atomic E-state index is 13.4. The summed E-state index contributed by atoms with van der Waals surface area (Å²) in [6, 6.07) is 16.2. The molecule has 0 saturated carbocycles. The maximum Gasteiger partial charge on any atom is 0.273 e. The van der Waals surface area contributed by atoms with Crippen LogP contribution in [-0.2, 0) is 0 Å². The highest BCUT2D eigenvalue weighted by molar-refractivity contribution is 7.80. The van der Waals surface area contributed by atoms with Gasteiger partial charge in [0.25, 0.3) is 5.91 Å². The molecule has 0 aliphatic rings. The molecule has 28 heavy (non-hydrogen) atoms. The Kier molecular flexibility index (Phi) is 5.81. The normalized spacial score (nSPS) is 10.2. The minimum atomic E-state index is -0.743. The van der Waals surface area contributed by atoms with Crippen molar-refractivity contribution in [1.82, 2.24) is 10.9 Å². The van der Waals surface area contributed by atoms with E-state index in [9.17, 15) is 18.7 Å². The Balaban J connectivity index is 1.72. The first-order valence-corrected chi connectivity index (χ1v) is 8.55. The number of hydrogen-bond acceptors (Lipinski definition) is 3. The third-order valence-electron chi connectivity index (χ3n) is 3.76. The van der Waals surface area contributed by atoms with Crippen molar-refractivity contribution in [3.05, 3.63) is 83.9 Å². The number of aromatic hydroxyl groups is 1. The second-order valence-corrected chi connectivity index (χ2v) is 6.20. The number of para-hydroxylation sites is 1. The molecule has 1 amide bonds. The third-order valence-corrected chi connectivity index (χ3v) is 3.96. The second kappa shape index (κ2) is 8.45. The highest BCUT2D eigenvalue weighted by atomic mass is 32.1. The van der Waals surface area contributed by atoms with Gasteiger partial charge in [-0.15, -0.1) is 0 Å². The van der Waals surface area contributed by atoms with Crippen molar-refractivity contribution in [2.75, 3.05) is 5.32 Å². The van der Waals surface area contributed by atoms with Gasteiger partial charge in [-0.05, 0) is 59.7 Å². The zero-order valence-corrected chi connectivity index (χ0v) is 15.2. The number of halogens is 2. The number of benzene rings is 3. The predicted molar refractivity (Wildman–Crippen MR) is 107 cm³/mol. The number of phenols is 1. The van der Waals surface area contributed by atoms with Crippen molar-refractivity contribution in [2.24, 2.45) is 0 Å². The van der Waals surface area contributed by atoms with Crippen molar-refractivity contribution in [2.45, 2.75) is 0 Å². The molecule has 0 aliphatic carbocycles. The monoisotopic (exact) mass is 399 g/mol. The van der Waals surface area contributed by atoms with Gasteiger partial charge in [-0.2, -0.15) is 0 Å². The van der Waals surface area contributed by atoms with Crippen LogP contribution in [0.5, 0.6) is 5.75 Å². The highest BCUT2D eigenvalue weighted by Gasteiger charge is 2.14. The van der Waals surface area contributed by atoms with Crippen LogP contribution in [0, 0.1) is 11.6 Å². The summed E-state index contributed by atoms with van der Waals surface area (Å²) in [4.78, 5) is 12.4. The van der Waals surface area contributed by atoms with E-state index in [-0.39, 0.29) is 22.0 Å². The Morgan fingerprint density at radius 2 is 1.54 bits per heavy atom. The number of thiocarbonyl (C=S) groups is 1. The molecule has 0 bridgehead atoms. The van der Waals surface area contributed by atoms with E-state index in [1.807, 2.05) is 18.2 Å². The van der Waals surface area contributed by atoms with Crippen LogP contribution < -0.4 is 16.2 Å². The van der Waals surface area contributed by atoms with Gasteiger partial charge in [0.1, 0.15) is 17.4 Å². The van der Waals surface area contributed by atoms with Crippen LogP contribution in [0.3, 0.4) is 0 Å². The Labute approximate surface area is 165 Å². The lowest BCUT2D eigenvalue weighted by Gasteiger charge is -2.13. The van der Waals surface area contributed by atoms with Crippen LogP contribution in [0.4, 0.5) is 14.5 Å². The van der Waals surface area contributed by atoms with Crippen LogP contribution in [0.15, 0.2) is 66.7 Å². The lowest BCUT2D eigenvalue weighted by atomic mass is 10.0. The van der Waals surface area contributed by atoms with E-state index in [4.69, 9.17) is 12.2 Å². The van der Waals surface area contributed by atoms with E-state index in [0.29, 0.717) is 5.56 Å². The summed E-state index contributed by atoms with van der Waals surface area (Å²) >= 11 is 5.09. The second-order valence-electron chi connectivity index (χ2n) is 5.79. The van der Waals surface area contributed by atoms with Crippen molar-refractivity contribution in [3.63, 3.8) is 0 Å². The summed E-state index contributed by atoms with van der Waals surface area (Å²) in [5, 5.41) is 13.0. The number of nitrogens with one attached hydrogen (secondary N) is 3. The first-order valence-electron chi connectivity index (χ1n) is 8.14. The summed E-state index contributed by atoms with van der Waals surface area (Å²) in [5.41, 5.74) is 6.13. The quantitative estimate of drug-likeness (QED) is 0.396. The average Bonchev–Trinajstić information content (AvgIpc) is 2.66. The zero-order valence-electron chi connectivity index (χ0n) is 14.4. The Bertz CT molecular complexity index is 1010. The molecule has 0 aliphatic heterocycles. The first kappa shape index (κ1) is 19.2. The Morgan fingerprint density at radius 3 is 2.21 bits per heavy atom. The molecule has 0 unspecified atom stereocenters. The van der Waals surface area contributed by atoms with E-state index in [1.54, 1.807) is 12.1 Å². The summed E-state index contributed by atoms with van der Waals surface area (Å²) in [6.45, 7) is 0. The summed E-state index contributed by atoms with van der Waals surface area (Å²) in [7, 11) is 0. The molecule has 4 N–H and O–H groups in total. The summed E-state index contributed by atoms with van der Waals surface area (Å²) < 4.78 is 26.9. The lowest BCUT2D eigenvalue weighted by Crippen LogP contribution is -2.43. The van der Waals surface area contributed by atoms with Gasteiger partial charge >= 0.3 is 0 Å². The number of anilines is 1. The molecule has 142 valence electrons. The smallest absolute Gasteiger partial charge is 0.273 e. The standard InChI is InChI=1S/C20H15F2N3O2S/c21-14-8-13(9-15(22)11-14)12-6-7-18(26)17(10-12)19(27)24-25-20(28)23-16-4-2-1-3-5-16/h1-11,26H,(H,24,27)(H2,23,25,28). The summed E-state index contributed by atoms with van der Waals surface area (Å²) in [6.07, 6.45) is 0. The molecule has 0 heterocycles. The van der Waals surface area contributed by atoms with Crippen molar-refractivity contribution in [3.8, 4) is 16.9 Å². The number of carbonyl (C=O) groups excluding carboxylic acids is 1. The van der Waals surface area contributed by atoms with Gasteiger partial charge in [-0.3, -0.25) is 15.6 Å². The fraction of sp³-hybridized carbons (Fsp3) is 0. The molecule has 8 heteroatoms. The van der Waals surface area contributed by atoms with Crippen molar-refractivity contribution < 1.29 is 18.7 Å². The Hall–Kier alpha value is -3.52. The van der Waals surface area contributed by atoms with Crippen LogP contribution in [-0.4, -0.2) is 16.1 Å². The van der Waals surface area contributed by atoms with Gasteiger partial charge < -0.3 is 10.4 Å². The maximum atomic E-state index is 13.4. The molecule has 0 spiro atoms. The Morgan fingerprint density at radius 1 is 0.857 bits per heavy atom. The van der Waals surface area contributed by atoms with E-state index >= 15 is 0 Å². The number of amides is 1. The summed E-state index contributed by atoms with van der Waals surface area (Å²) in [5.74, 6) is -2.45. The van der Waals surface area contributed by atoms with Crippen LogP contribution >= 0.6 is 12.2 Å². The highest BCUT2D eigenvalue weighted by Crippen LogP contribution is 2.27. The minimum absolute atomic E-state index is 0.0859. The fourth-order valence-corrected chi connectivity index (χ4v) is 2.65. The van der Waals surface area contributed by atoms with Crippen LogP contribution in [0.25, 0.3) is 11.1 Å². The molecule has 3 aromatic carbocycles. The van der Waals surface area contributed by atoms with Crippen LogP contribution in [0.1, 0.15) is 10.4 Å². The molecule has 0 fully saturated rings. The molecule has 0 aromatic heterocycles. The van der Waals surface area contributed by atoms with Gasteiger partial charge in [0.05, 0.1) is 5.56 Å². The number of rotatable bonds is 3. The zero-order chi connectivity index (χ0) is 20.1. The molecule has 3 aromatic rings. The fourth-order valence-electron chi connectivity index (χ4n) is 2.48. The molecule has 0 radical (unpaired) electrons. The van der Waals surface area contributed by atoms with Crippen LogP contribution in [0.2, 0.25) is 0 Å². The molecular formula is C20H15F2N3O2S. The largest absolute Gasteiger partial charge is 0.507 e. The van der Waals surface area contributed by atoms with E-state index < -0.39 is 17.5 Å². The van der Waals surface area contributed by atoms with Gasteiger partial charge in [-0.25, -0.2) is 8.78 Å². The number of hydrogen-bond donors (Lipinski definition) is 4. The molecule has 5 nitrogen and oxygen atoms in total. The number of hydrazine groups is 1. The average molecular weight is 399 g/mol. The van der Waals surface area contributed by atoms with Gasteiger partial charge in [-0.1, -0.05) is 24.3 Å². The van der Waals surface area contributed by atoms with Crippen molar-refractivity contribution >= 4 is 28.9 Å². The van der Waals surface area contributed by atoms with E-state index in [2.05, 4.69) is 16.2 Å². The molecule has 0 atom stereocenters. The van der Waals surface area contributed by atoms with Gasteiger partial charge in [0.2, 0.25) is 0 Å². The van der Waals surface area contributed by atoms with E-state index in [0.717, 1.165) is 23.9 Å². The number of phenolic OH excluding ortho intramolecular Hbond substituents is 1. The topological polar surface area (TPSA) is 73.4 Å². The molecule has 3 rings (SSSR count). The minimum Gasteiger partial charge on any atom is -0.507 e. The molecular weight excluding hydrogens is 384 g/mol. The lowest BCUT2D eigenvalue weighted by molar-refractivity contribution is 0.0941. The SMILES string of the molecule is O=C(NNC(=S)Nc1ccccc1)c1cc(-c2cc(F)cc(F)c2)ccc1O. The third kappa shape index (κ3) is 4.80. The van der Waals surface area contributed by atoms with Gasteiger partial charge in [0.15, 0.2) is 5.11 Å². The molecule has 0 saturated heterocycles. The predicted octanol–water partition coefficient (Wildman–Crippen LogP) is 3.97. The first-order chi connectivity index (χ1) is 13.4. The van der Waals surface area contributed by atoms with Crippen molar-refractivity contribution in [1.29, 1.82) is 0 Å². The van der Waals surface area contributed by atoms with Gasteiger partial charge in [0, 0.05) is 11.8 Å². The van der Waals surface area contributed by atoms with E-state index in [1.165, 1.54) is 18.2 Å². The number of carbonyl (C=O) groups is 1.